The quantitative estimate of drug-likeness (QED) is 0.394. The maximum absolute atomic E-state index is 10.5. The Morgan fingerprint density at radius 2 is 2.38 bits per heavy atom. The molecule has 0 aliphatic carbocycles. The second-order valence-electron chi connectivity index (χ2n) is 2.81. The number of aromatic carboxylic acids is 1. The standard InChI is InChI=1S/C7H8N4O4S/c8-11-9-1-4(12)5(13)3-2-16-6(10-3)7(14)15/h2,4-5,12-13H,1H2,(H,14,15). The minimum Gasteiger partial charge on any atom is -0.476 e. The zero-order chi connectivity index (χ0) is 12.1. The third kappa shape index (κ3) is 2.91. The summed E-state index contributed by atoms with van der Waals surface area (Å²) >= 11 is 0.842. The molecule has 1 aromatic rings. The van der Waals surface area contributed by atoms with E-state index in [1.165, 1.54) is 5.38 Å². The van der Waals surface area contributed by atoms with Crippen LogP contribution in [-0.2, 0) is 0 Å². The van der Waals surface area contributed by atoms with Crippen molar-refractivity contribution in [2.24, 2.45) is 5.11 Å². The van der Waals surface area contributed by atoms with Crippen molar-refractivity contribution < 1.29 is 20.1 Å². The molecule has 1 aromatic heterocycles. The highest BCUT2D eigenvalue weighted by Crippen LogP contribution is 2.20. The average molecular weight is 244 g/mol. The molecule has 2 atom stereocenters. The number of thiazole rings is 1. The normalized spacial score (nSPS) is 13.9. The number of carboxylic acids is 1. The summed E-state index contributed by atoms with van der Waals surface area (Å²) in [6.07, 6.45) is -2.67. The number of azide groups is 1. The Bertz CT molecular complexity index is 428. The fourth-order valence-corrected chi connectivity index (χ4v) is 1.62. The van der Waals surface area contributed by atoms with Crippen LogP contribution in [0.3, 0.4) is 0 Å². The van der Waals surface area contributed by atoms with E-state index < -0.39 is 18.2 Å². The molecule has 0 aromatic carbocycles. The molecule has 1 rings (SSSR count). The second-order valence-corrected chi connectivity index (χ2v) is 3.67. The van der Waals surface area contributed by atoms with Crippen molar-refractivity contribution in [3.05, 3.63) is 26.5 Å². The third-order valence-electron chi connectivity index (χ3n) is 1.70. The van der Waals surface area contributed by atoms with Crippen LogP contribution in [0.15, 0.2) is 10.5 Å². The predicted octanol–water partition coefficient (Wildman–Crippen LogP) is 0.546. The minimum atomic E-state index is -1.37. The third-order valence-corrected chi connectivity index (χ3v) is 2.55. The number of rotatable bonds is 5. The van der Waals surface area contributed by atoms with Crippen molar-refractivity contribution in [1.29, 1.82) is 0 Å². The van der Waals surface area contributed by atoms with Gasteiger partial charge in [-0.2, -0.15) is 0 Å². The summed E-state index contributed by atoms with van der Waals surface area (Å²) in [6, 6.07) is 0. The van der Waals surface area contributed by atoms with Gasteiger partial charge in [-0.05, 0) is 5.53 Å². The van der Waals surface area contributed by atoms with Gasteiger partial charge in [0, 0.05) is 10.3 Å². The van der Waals surface area contributed by atoms with Crippen LogP contribution in [-0.4, -0.2) is 38.9 Å². The van der Waals surface area contributed by atoms with E-state index in [0.717, 1.165) is 11.3 Å². The molecular weight excluding hydrogens is 236 g/mol. The Morgan fingerprint density at radius 3 is 2.88 bits per heavy atom. The lowest BCUT2D eigenvalue weighted by atomic mass is 10.1. The molecule has 0 spiro atoms. The van der Waals surface area contributed by atoms with Crippen molar-refractivity contribution in [3.8, 4) is 0 Å². The molecule has 9 heteroatoms. The molecule has 86 valence electrons. The van der Waals surface area contributed by atoms with Gasteiger partial charge < -0.3 is 15.3 Å². The molecule has 0 saturated carbocycles. The number of aliphatic hydroxyl groups is 2. The van der Waals surface area contributed by atoms with Gasteiger partial charge in [-0.15, -0.1) is 11.3 Å². The van der Waals surface area contributed by atoms with Gasteiger partial charge in [0.2, 0.25) is 5.01 Å². The number of hydrogen-bond acceptors (Lipinski definition) is 6. The van der Waals surface area contributed by atoms with Gasteiger partial charge in [-0.25, -0.2) is 9.78 Å². The first kappa shape index (κ1) is 12.4. The first-order valence-electron chi connectivity index (χ1n) is 4.12. The van der Waals surface area contributed by atoms with E-state index in [9.17, 15) is 15.0 Å². The van der Waals surface area contributed by atoms with Crippen molar-refractivity contribution >= 4 is 17.3 Å². The SMILES string of the molecule is [N-]=[N+]=NCC(O)C(O)c1csc(C(=O)O)n1. The Balaban J connectivity index is 2.75. The van der Waals surface area contributed by atoms with E-state index >= 15 is 0 Å². The first-order chi connectivity index (χ1) is 7.56. The fourth-order valence-electron chi connectivity index (χ4n) is 0.937. The number of aliphatic hydroxyl groups excluding tert-OH is 2. The maximum atomic E-state index is 10.5. The van der Waals surface area contributed by atoms with Crippen LogP contribution < -0.4 is 0 Å². The largest absolute Gasteiger partial charge is 0.476 e. The lowest BCUT2D eigenvalue weighted by Gasteiger charge is -2.12. The molecular formula is C7H8N4O4S. The lowest BCUT2D eigenvalue weighted by Crippen LogP contribution is -2.21. The molecule has 3 N–H and O–H groups in total. The van der Waals surface area contributed by atoms with E-state index in [0.29, 0.717) is 0 Å². The second kappa shape index (κ2) is 5.42. The van der Waals surface area contributed by atoms with E-state index in [1.54, 1.807) is 0 Å². The predicted molar refractivity (Wildman–Crippen MR) is 54.1 cm³/mol. The van der Waals surface area contributed by atoms with E-state index in [1.807, 2.05) is 0 Å². The Hall–Kier alpha value is -1.67. The molecule has 0 aliphatic heterocycles. The van der Waals surface area contributed by atoms with E-state index in [2.05, 4.69) is 15.0 Å². The summed E-state index contributed by atoms with van der Waals surface area (Å²) in [7, 11) is 0. The van der Waals surface area contributed by atoms with Crippen LogP contribution in [0.5, 0.6) is 0 Å². The minimum absolute atomic E-state index is 0.0445. The fraction of sp³-hybridized carbons (Fsp3) is 0.429. The van der Waals surface area contributed by atoms with E-state index in [4.69, 9.17) is 10.6 Å². The van der Waals surface area contributed by atoms with Crippen molar-refractivity contribution in [3.63, 3.8) is 0 Å². The van der Waals surface area contributed by atoms with Crippen molar-refractivity contribution in [2.75, 3.05) is 6.54 Å². The van der Waals surface area contributed by atoms with Crippen molar-refractivity contribution in [2.45, 2.75) is 12.2 Å². The molecule has 0 saturated heterocycles. The first-order valence-corrected chi connectivity index (χ1v) is 5.00. The van der Waals surface area contributed by atoms with Gasteiger partial charge in [0.1, 0.15) is 6.10 Å². The maximum Gasteiger partial charge on any atom is 0.365 e. The molecule has 1 heterocycles. The summed E-state index contributed by atoms with van der Waals surface area (Å²) in [4.78, 5) is 16.6. The summed E-state index contributed by atoms with van der Waals surface area (Å²) < 4.78 is 0. The molecule has 0 fully saturated rings. The smallest absolute Gasteiger partial charge is 0.365 e. The van der Waals surface area contributed by atoms with Gasteiger partial charge in [-0.1, -0.05) is 5.11 Å². The molecule has 8 nitrogen and oxygen atoms in total. The Morgan fingerprint density at radius 1 is 1.69 bits per heavy atom. The number of hydrogen-bond donors (Lipinski definition) is 3. The van der Waals surface area contributed by atoms with Crippen LogP contribution in [0.25, 0.3) is 10.4 Å². The van der Waals surface area contributed by atoms with Crippen LogP contribution >= 0.6 is 11.3 Å². The number of nitrogens with zero attached hydrogens (tertiary/aromatic N) is 4. The topological polar surface area (TPSA) is 139 Å². The van der Waals surface area contributed by atoms with E-state index in [-0.39, 0.29) is 17.2 Å². The van der Waals surface area contributed by atoms with Gasteiger partial charge in [0.15, 0.2) is 0 Å². The van der Waals surface area contributed by atoms with Crippen LogP contribution in [0.4, 0.5) is 0 Å². The molecule has 0 aliphatic rings. The summed E-state index contributed by atoms with van der Waals surface area (Å²) in [5.74, 6) is -1.20. The molecule has 0 amide bonds. The summed E-state index contributed by atoms with van der Waals surface area (Å²) in [5, 5.41) is 31.7. The lowest BCUT2D eigenvalue weighted by molar-refractivity contribution is 0.0220. The van der Waals surface area contributed by atoms with Crippen LogP contribution in [0.2, 0.25) is 0 Å². The monoisotopic (exact) mass is 244 g/mol. The van der Waals surface area contributed by atoms with Gasteiger partial charge in [0.25, 0.3) is 0 Å². The number of carbonyl (C=O) groups is 1. The Labute approximate surface area is 93.4 Å². The highest BCUT2D eigenvalue weighted by atomic mass is 32.1. The highest BCUT2D eigenvalue weighted by molar-refractivity contribution is 7.11. The van der Waals surface area contributed by atoms with Gasteiger partial charge >= 0.3 is 5.97 Å². The molecule has 0 bridgehead atoms. The average Bonchev–Trinajstić information content (AvgIpc) is 2.74. The zero-order valence-electron chi connectivity index (χ0n) is 7.89. The van der Waals surface area contributed by atoms with Gasteiger partial charge in [-0.3, -0.25) is 0 Å². The molecule has 16 heavy (non-hydrogen) atoms. The molecule has 0 radical (unpaired) electrons. The van der Waals surface area contributed by atoms with Crippen LogP contribution in [0, 0.1) is 0 Å². The van der Waals surface area contributed by atoms with Crippen molar-refractivity contribution in [1.82, 2.24) is 4.98 Å². The Kier molecular flexibility index (Phi) is 4.20. The molecule has 2 unspecified atom stereocenters. The number of aromatic nitrogens is 1. The summed E-state index contributed by atoms with van der Waals surface area (Å²) in [6.45, 7) is -0.308. The van der Waals surface area contributed by atoms with Gasteiger partial charge in [0.05, 0.1) is 18.3 Å². The van der Waals surface area contributed by atoms with Crippen LogP contribution in [0.1, 0.15) is 21.6 Å². The highest BCUT2D eigenvalue weighted by Gasteiger charge is 2.21. The number of carboxylic acid groups (broad SMARTS) is 1. The summed E-state index contributed by atoms with van der Waals surface area (Å²) in [5.41, 5.74) is 8.06. The zero-order valence-corrected chi connectivity index (χ0v) is 8.70.